The fraction of sp³-hybridized carbons (Fsp3) is 0.630. The van der Waals surface area contributed by atoms with Crippen LogP contribution in [-0.4, -0.2) is 66.7 Å². The zero-order chi connectivity index (χ0) is 24.3. The highest BCUT2D eigenvalue weighted by molar-refractivity contribution is 5.94. The number of nitrogens with zero attached hydrogens (tertiary/aromatic N) is 3. The van der Waals surface area contributed by atoms with Crippen molar-refractivity contribution in [3.8, 4) is 5.75 Å². The lowest BCUT2D eigenvalue weighted by Gasteiger charge is -2.44. The van der Waals surface area contributed by atoms with E-state index >= 15 is 0 Å². The molecule has 3 aliphatic rings. The van der Waals surface area contributed by atoms with Crippen LogP contribution in [0.15, 0.2) is 35.5 Å². The fourth-order valence-electron chi connectivity index (χ4n) is 5.76. The van der Waals surface area contributed by atoms with Crippen LogP contribution in [0.3, 0.4) is 0 Å². The van der Waals surface area contributed by atoms with Crippen molar-refractivity contribution >= 4 is 11.6 Å². The van der Waals surface area contributed by atoms with Gasteiger partial charge in [-0.3, -0.25) is 14.7 Å². The third-order valence-electron chi connectivity index (χ3n) is 7.47. The van der Waals surface area contributed by atoms with Gasteiger partial charge in [0.1, 0.15) is 5.75 Å². The Morgan fingerprint density at radius 3 is 2.62 bits per heavy atom. The van der Waals surface area contributed by atoms with Gasteiger partial charge in [0.25, 0.3) is 12.3 Å². The molecule has 2 saturated heterocycles. The third kappa shape index (κ3) is 5.85. The zero-order valence-corrected chi connectivity index (χ0v) is 20.6. The van der Waals surface area contributed by atoms with Crippen molar-refractivity contribution in [3.05, 3.63) is 41.6 Å². The number of amides is 1. The van der Waals surface area contributed by atoms with E-state index in [2.05, 4.69) is 11.1 Å². The zero-order valence-electron chi connectivity index (χ0n) is 20.6. The van der Waals surface area contributed by atoms with Gasteiger partial charge < -0.3 is 9.64 Å². The molecule has 0 aromatic heterocycles. The molecule has 0 N–H and O–H groups in total. The number of aliphatic imine (C=N–C) groups is 1. The van der Waals surface area contributed by atoms with Crippen molar-refractivity contribution in [1.29, 1.82) is 0 Å². The normalized spacial score (nSPS) is 23.0. The van der Waals surface area contributed by atoms with Crippen molar-refractivity contribution in [2.45, 2.75) is 65.4 Å². The van der Waals surface area contributed by atoms with Gasteiger partial charge in [-0.1, -0.05) is 6.08 Å². The number of hydrogen-bond donors (Lipinski definition) is 0. The van der Waals surface area contributed by atoms with Crippen molar-refractivity contribution in [3.63, 3.8) is 0 Å². The van der Waals surface area contributed by atoms with Crippen LogP contribution in [0.4, 0.5) is 8.78 Å². The Hall–Kier alpha value is -2.28. The van der Waals surface area contributed by atoms with Crippen LogP contribution in [0.2, 0.25) is 0 Å². The number of halogens is 2. The maximum atomic E-state index is 13.3. The first-order valence-electron chi connectivity index (χ1n) is 12.5. The molecule has 7 heteroatoms. The smallest absolute Gasteiger partial charge is 0.253 e. The largest absolute Gasteiger partial charge is 0.491 e. The van der Waals surface area contributed by atoms with Crippen LogP contribution in [0.25, 0.3) is 0 Å². The fourth-order valence-corrected chi connectivity index (χ4v) is 5.76. The quantitative estimate of drug-likeness (QED) is 0.560. The van der Waals surface area contributed by atoms with Crippen LogP contribution < -0.4 is 4.74 Å². The Bertz CT molecular complexity index is 936. The van der Waals surface area contributed by atoms with E-state index < -0.39 is 6.43 Å². The second-order valence-electron chi connectivity index (χ2n) is 10.5. The Morgan fingerprint density at radius 2 is 2.00 bits per heavy atom. The second-order valence-corrected chi connectivity index (χ2v) is 10.5. The van der Waals surface area contributed by atoms with Gasteiger partial charge in [0.2, 0.25) is 0 Å². The lowest BCUT2D eigenvalue weighted by atomic mass is 9.71. The summed E-state index contributed by atoms with van der Waals surface area (Å²) in [7, 11) is 0. The monoisotopic (exact) mass is 473 g/mol. The minimum atomic E-state index is -2.33. The van der Waals surface area contributed by atoms with E-state index in [1.54, 1.807) is 0 Å². The van der Waals surface area contributed by atoms with Crippen LogP contribution in [-0.2, 0) is 0 Å². The maximum absolute atomic E-state index is 13.3. The van der Waals surface area contributed by atoms with Crippen molar-refractivity contribution in [2.75, 3.05) is 32.7 Å². The maximum Gasteiger partial charge on any atom is 0.253 e. The average Bonchev–Trinajstić information content (AvgIpc) is 3.26. The van der Waals surface area contributed by atoms with E-state index in [1.165, 1.54) is 5.71 Å². The van der Waals surface area contributed by atoms with Gasteiger partial charge in [0, 0.05) is 43.5 Å². The first-order chi connectivity index (χ1) is 16.2. The molecule has 0 radical (unpaired) electrons. The summed E-state index contributed by atoms with van der Waals surface area (Å²) in [6.45, 7) is 8.43. The molecular weight excluding hydrogens is 436 g/mol. The number of hydrogen-bond acceptors (Lipinski definition) is 4. The predicted molar refractivity (Wildman–Crippen MR) is 131 cm³/mol. The highest BCUT2D eigenvalue weighted by Crippen LogP contribution is 2.43. The van der Waals surface area contributed by atoms with E-state index in [0.717, 1.165) is 43.4 Å². The summed E-state index contributed by atoms with van der Waals surface area (Å²) in [5.74, 6) is 1.17. The average molecular weight is 474 g/mol. The van der Waals surface area contributed by atoms with E-state index in [9.17, 15) is 13.6 Å². The van der Waals surface area contributed by atoms with Crippen molar-refractivity contribution in [2.24, 2.45) is 16.3 Å². The molecule has 0 aliphatic carbocycles. The summed E-state index contributed by atoms with van der Waals surface area (Å²) >= 11 is 0. The lowest BCUT2D eigenvalue weighted by molar-refractivity contribution is 0.0315. The number of carbonyl (C=O) groups excluding carboxylic acids is 1. The number of carbonyl (C=O) groups is 1. The third-order valence-corrected chi connectivity index (χ3v) is 7.47. The van der Waals surface area contributed by atoms with E-state index in [0.29, 0.717) is 37.7 Å². The highest BCUT2D eigenvalue weighted by atomic mass is 19.3. The first-order valence-corrected chi connectivity index (χ1v) is 12.5. The van der Waals surface area contributed by atoms with Gasteiger partial charge >= 0.3 is 0 Å². The minimum Gasteiger partial charge on any atom is -0.491 e. The van der Waals surface area contributed by atoms with Crippen molar-refractivity contribution < 1.29 is 18.3 Å². The highest BCUT2D eigenvalue weighted by Gasteiger charge is 2.42. The molecule has 1 amide bonds. The van der Waals surface area contributed by atoms with Crippen LogP contribution >= 0.6 is 0 Å². The van der Waals surface area contributed by atoms with Gasteiger partial charge in [-0.15, -0.1) is 0 Å². The molecule has 34 heavy (non-hydrogen) atoms. The molecule has 2 fully saturated rings. The number of alkyl halides is 2. The SMILES string of the molecule is Cc1cc(C(=O)N2CCC3(CC2)CC(C2=NC=CC2)CCN(CC(F)F)C3)ccc1OC(C)C. The molecule has 1 spiro atoms. The summed E-state index contributed by atoms with van der Waals surface area (Å²) in [5.41, 5.74) is 2.77. The second kappa shape index (κ2) is 10.5. The molecule has 186 valence electrons. The number of likely N-dealkylation sites (tertiary alicyclic amines) is 2. The van der Waals surface area contributed by atoms with E-state index in [-0.39, 0.29) is 24.0 Å². The summed E-state index contributed by atoms with van der Waals surface area (Å²) in [6.07, 6.45) is 6.08. The summed E-state index contributed by atoms with van der Waals surface area (Å²) in [6, 6.07) is 5.62. The van der Waals surface area contributed by atoms with Gasteiger partial charge in [-0.25, -0.2) is 8.78 Å². The van der Waals surface area contributed by atoms with E-state index in [4.69, 9.17) is 4.74 Å². The Labute approximate surface area is 201 Å². The number of rotatable bonds is 6. The standard InChI is InChI=1S/C27H37F2N3O2/c1-19(2)34-24-7-6-21(15-20(24)3)26(33)32-13-9-27(10-14-32)16-22(23-5-4-11-30-23)8-12-31(18-27)17-25(28)29/h4,6-7,11,15,19,22,25H,5,8-10,12-14,16-18H2,1-3H3. The van der Waals surface area contributed by atoms with E-state index in [1.807, 2.05) is 55.0 Å². The molecule has 3 aliphatic heterocycles. The summed E-state index contributed by atoms with van der Waals surface area (Å²) in [5, 5.41) is 0. The lowest BCUT2D eigenvalue weighted by Crippen LogP contribution is -2.48. The molecule has 1 aromatic carbocycles. The van der Waals surface area contributed by atoms with Gasteiger partial charge in [0.05, 0.1) is 12.6 Å². The molecule has 0 saturated carbocycles. The number of benzene rings is 1. The van der Waals surface area contributed by atoms with Crippen LogP contribution in [0.1, 0.15) is 61.9 Å². The molecule has 0 bridgehead atoms. The number of allylic oxidation sites excluding steroid dienone is 1. The number of piperidine rings is 1. The molecule has 3 heterocycles. The van der Waals surface area contributed by atoms with Gasteiger partial charge in [0.15, 0.2) is 0 Å². The molecule has 1 unspecified atom stereocenters. The Kier molecular flexibility index (Phi) is 7.70. The Morgan fingerprint density at radius 1 is 1.24 bits per heavy atom. The molecule has 5 nitrogen and oxygen atoms in total. The van der Waals surface area contributed by atoms with Gasteiger partial charge in [-0.05, 0) is 88.1 Å². The molecular formula is C27H37F2N3O2. The first kappa shape index (κ1) is 24.8. The van der Waals surface area contributed by atoms with Crippen LogP contribution in [0.5, 0.6) is 5.75 Å². The number of aryl methyl sites for hydroxylation is 1. The molecule has 1 atom stereocenters. The number of ether oxygens (including phenoxy) is 1. The minimum absolute atomic E-state index is 0.0352. The van der Waals surface area contributed by atoms with Crippen molar-refractivity contribution in [1.82, 2.24) is 9.80 Å². The van der Waals surface area contributed by atoms with Crippen LogP contribution in [0, 0.1) is 18.3 Å². The molecule has 1 aromatic rings. The molecule has 4 rings (SSSR count). The topological polar surface area (TPSA) is 45.1 Å². The summed E-state index contributed by atoms with van der Waals surface area (Å²) in [4.78, 5) is 21.7. The van der Waals surface area contributed by atoms with Gasteiger partial charge in [-0.2, -0.15) is 0 Å². The Balaban J connectivity index is 1.45. The summed E-state index contributed by atoms with van der Waals surface area (Å²) < 4.78 is 32.3. The predicted octanol–water partition coefficient (Wildman–Crippen LogP) is 5.34.